The first kappa shape index (κ1) is 18.3. The molecule has 2 aromatic carbocycles. The highest BCUT2D eigenvalue weighted by Crippen LogP contribution is 2.41. The second kappa shape index (κ2) is 7.78. The van der Waals surface area contributed by atoms with Gasteiger partial charge in [0.15, 0.2) is 17.8 Å². The van der Waals surface area contributed by atoms with Crippen molar-refractivity contribution in [3.8, 4) is 17.2 Å². The van der Waals surface area contributed by atoms with E-state index >= 15 is 0 Å². The molecule has 1 N–H and O–H groups in total. The van der Waals surface area contributed by atoms with E-state index in [0.717, 1.165) is 34.6 Å². The quantitative estimate of drug-likeness (QED) is 0.511. The number of aromatic amines is 1. The average Bonchev–Trinajstić information content (AvgIpc) is 3.13. The number of fused-ring (bicyclic) bond motifs is 1. The van der Waals surface area contributed by atoms with Crippen molar-refractivity contribution in [1.82, 2.24) is 4.98 Å². The van der Waals surface area contributed by atoms with Gasteiger partial charge in [-0.1, -0.05) is 6.07 Å². The van der Waals surface area contributed by atoms with E-state index in [1.165, 1.54) is 27.4 Å². The Kier molecular flexibility index (Phi) is 5.26. The molecule has 6 heteroatoms. The summed E-state index contributed by atoms with van der Waals surface area (Å²) in [4.78, 5) is 25.6. The molecule has 0 unspecified atom stereocenters. The lowest BCUT2D eigenvalue weighted by atomic mass is 9.95. The van der Waals surface area contributed by atoms with Crippen LogP contribution in [0.2, 0.25) is 0 Å². The van der Waals surface area contributed by atoms with E-state index in [4.69, 9.17) is 14.2 Å². The van der Waals surface area contributed by atoms with Gasteiger partial charge in [-0.2, -0.15) is 0 Å². The standard InChI is InChI=1S/C21H19NO5/c1-25-19-9-14(10-20(26-2)21(19)27-3)16(6-7-23)13-4-5-18-17(8-13)15(12-24)11-22-18/h4-12,22H,1-3H3/b16-6+. The smallest absolute Gasteiger partial charge is 0.203 e. The largest absolute Gasteiger partial charge is 0.493 e. The number of allylic oxidation sites excluding steroid dienone is 1. The number of benzene rings is 2. The number of aldehydes is 2. The topological polar surface area (TPSA) is 77.6 Å². The molecule has 0 fully saturated rings. The fourth-order valence-corrected chi connectivity index (χ4v) is 3.07. The molecular formula is C21H19NO5. The predicted molar refractivity (Wildman–Crippen MR) is 103 cm³/mol. The molecule has 0 radical (unpaired) electrons. The van der Waals surface area contributed by atoms with Gasteiger partial charge in [-0.05, 0) is 47.0 Å². The van der Waals surface area contributed by atoms with Crippen molar-refractivity contribution in [3.63, 3.8) is 0 Å². The lowest BCUT2D eigenvalue weighted by Crippen LogP contribution is -1.98. The molecule has 6 nitrogen and oxygen atoms in total. The van der Waals surface area contributed by atoms with Gasteiger partial charge in [0.05, 0.1) is 21.3 Å². The van der Waals surface area contributed by atoms with Crippen molar-refractivity contribution in [3.05, 3.63) is 59.3 Å². The van der Waals surface area contributed by atoms with Gasteiger partial charge < -0.3 is 19.2 Å². The van der Waals surface area contributed by atoms with E-state index < -0.39 is 0 Å². The Morgan fingerprint density at radius 2 is 1.63 bits per heavy atom. The Bertz CT molecular complexity index is 1010. The number of hydrogen-bond donors (Lipinski definition) is 1. The summed E-state index contributed by atoms with van der Waals surface area (Å²) in [6.45, 7) is 0. The molecule has 0 amide bonds. The minimum atomic E-state index is 0.471. The van der Waals surface area contributed by atoms with E-state index in [9.17, 15) is 9.59 Å². The molecule has 0 aliphatic heterocycles. The normalized spacial score (nSPS) is 11.3. The molecular weight excluding hydrogens is 346 g/mol. The van der Waals surface area contributed by atoms with Crippen LogP contribution in [-0.4, -0.2) is 38.9 Å². The second-order valence-electron chi connectivity index (χ2n) is 5.75. The molecule has 1 aromatic heterocycles. The van der Waals surface area contributed by atoms with E-state index in [0.29, 0.717) is 28.4 Å². The van der Waals surface area contributed by atoms with Crippen molar-refractivity contribution in [2.24, 2.45) is 0 Å². The minimum absolute atomic E-state index is 0.471. The van der Waals surface area contributed by atoms with E-state index in [2.05, 4.69) is 4.98 Å². The van der Waals surface area contributed by atoms with E-state index in [1.54, 1.807) is 18.3 Å². The summed E-state index contributed by atoms with van der Waals surface area (Å²) in [7, 11) is 4.60. The van der Waals surface area contributed by atoms with Crippen LogP contribution in [0, 0.1) is 0 Å². The fraction of sp³-hybridized carbons (Fsp3) is 0.143. The number of nitrogens with one attached hydrogen (secondary N) is 1. The van der Waals surface area contributed by atoms with Crippen LogP contribution in [0.25, 0.3) is 16.5 Å². The third-order valence-corrected chi connectivity index (χ3v) is 4.36. The third kappa shape index (κ3) is 3.29. The molecule has 1 heterocycles. The molecule has 0 bridgehead atoms. The van der Waals surface area contributed by atoms with Crippen LogP contribution in [-0.2, 0) is 4.79 Å². The maximum absolute atomic E-state index is 11.3. The molecule has 3 aromatic rings. The minimum Gasteiger partial charge on any atom is -0.493 e. The maximum Gasteiger partial charge on any atom is 0.203 e. The summed E-state index contributed by atoms with van der Waals surface area (Å²) in [5.41, 5.74) is 3.58. The molecule has 0 saturated heterocycles. The highest BCUT2D eigenvalue weighted by atomic mass is 16.5. The highest BCUT2D eigenvalue weighted by Gasteiger charge is 2.17. The molecule has 3 rings (SSSR count). The number of hydrogen-bond acceptors (Lipinski definition) is 5. The lowest BCUT2D eigenvalue weighted by molar-refractivity contribution is -0.104. The zero-order chi connectivity index (χ0) is 19.4. The number of methoxy groups -OCH3 is 3. The van der Waals surface area contributed by atoms with Crippen LogP contribution in [0.4, 0.5) is 0 Å². The summed E-state index contributed by atoms with van der Waals surface area (Å²) >= 11 is 0. The van der Waals surface area contributed by atoms with Gasteiger partial charge in [-0.3, -0.25) is 9.59 Å². The van der Waals surface area contributed by atoms with Crippen molar-refractivity contribution in [1.29, 1.82) is 0 Å². The molecule has 0 spiro atoms. The van der Waals surface area contributed by atoms with E-state index in [-0.39, 0.29) is 0 Å². The zero-order valence-electron chi connectivity index (χ0n) is 15.2. The Balaban J connectivity index is 2.21. The number of H-pyrrole nitrogens is 1. The van der Waals surface area contributed by atoms with Crippen LogP contribution < -0.4 is 14.2 Å². The lowest BCUT2D eigenvalue weighted by Gasteiger charge is -2.16. The van der Waals surface area contributed by atoms with Crippen molar-refractivity contribution < 1.29 is 23.8 Å². The first-order chi connectivity index (χ1) is 13.2. The van der Waals surface area contributed by atoms with Crippen molar-refractivity contribution >= 4 is 29.0 Å². The van der Waals surface area contributed by atoms with Crippen LogP contribution in [0.1, 0.15) is 21.5 Å². The Labute approximate surface area is 156 Å². The van der Waals surface area contributed by atoms with Gasteiger partial charge in [0, 0.05) is 22.7 Å². The van der Waals surface area contributed by atoms with Crippen LogP contribution in [0.15, 0.2) is 42.6 Å². The first-order valence-corrected chi connectivity index (χ1v) is 8.19. The summed E-state index contributed by atoms with van der Waals surface area (Å²) in [5, 5.41) is 0.784. The Hall–Kier alpha value is -3.54. The fourth-order valence-electron chi connectivity index (χ4n) is 3.07. The predicted octanol–water partition coefficient (Wildman–Crippen LogP) is 3.64. The second-order valence-corrected chi connectivity index (χ2v) is 5.75. The van der Waals surface area contributed by atoms with Gasteiger partial charge in [-0.25, -0.2) is 0 Å². The van der Waals surface area contributed by atoms with Crippen molar-refractivity contribution in [2.75, 3.05) is 21.3 Å². The van der Waals surface area contributed by atoms with Gasteiger partial charge >= 0.3 is 0 Å². The van der Waals surface area contributed by atoms with Crippen LogP contribution in [0.5, 0.6) is 17.2 Å². The van der Waals surface area contributed by atoms with Crippen LogP contribution >= 0.6 is 0 Å². The number of carbonyl (C=O) groups excluding carboxylic acids is 2. The molecule has 138 valence electrons. The Morgan fingerprint density at radius 1 is 0.926 bits per heavy atom. The highest BCUT2D eigenvalue weighted by molar-refractivity contribution is 6.00. The van der Waals surface area contributed by atoms with Gasteiger partial charge in [0.2, 0.25) is 5.75 Å². The monoisotopic (exact) mass is 365 g/mol. The zero-order valence-corrected chi connectivity index (χ0v) is 15.2. The molecule has 27 heavy (non-hydrogen) atoms. The summed E-state index contributed by atoms with van der Waals surface area (Å²) in [5.74, 6) is 1.44. The van der Waals surface area contributed by atoms with Gasteiger partial charge in [0.25, 0.3) is 0 Å². The summed E-state index contributed by atoms with van der Waals surface area (Å²) < 4.78 is 16.2. The molecule has 0 atom stereocenters. The summed E-state index contributed by atoms with van der Waals surface area (Å²) in [6.07, 6.45) is 4.64. The van der Waals surface area contributed by atoms with Crippen LogP contribution in [0.3, 0.4) is 0 Å². The van der Waals surface area contributed by atoms with Gasteiger partial charge in [-0.15, -0.1) is 0 Å². The molecule has 0 aliphatic carbocycles. The average molecular weight is 365 g/mol. The molecule has 0 saturated carbocycles. The number of aromatic nitrogens is 1. The molecule has 0 aliphatic rings. The van der Waals surface area contributed by atoms with Crippen molar-refractivity contribution in [2.45, 2.75) is 0 Å². The number of ether oxygens (including phenoxy) is 3. The number of rotatable bonds is 7. The summed E-state index contributed by atoms with van der Waals surface area (Å²) in [6, 6.07) is 9.17. The van der Waals surface area contributed by atoms with Gasteiger partial charge in [0.1, 0.15) is 6.29 Å². The number of carbonyl (C=O) groups is 2. The SMILES string of the molecule is COc1cc(/C(=C/C=O)c2ccc3[nH]cc(C=O)c3c2)cc(OC)c1OC. The van der Waals surface area contributed by atoms with E-state index in [1.807, 2.05) is 18.2 Å². The first-order valence-electron chi connectivity index (χ1n) is 8.19. The maximum atomic E-state index is 11.3. The third-order valence-electron chi connectivity index (χ3n) is 4.36. The Morgan fingerprint density at radius 3 is 2.19 bits per heavy atom.